The minimum absolute atomic E-state index is 0.0503. The zero-order valence-corrected chi connectivity index (χ0v) is 13.5. The zero-order chi connectivity index (χ0) is 16.3. The van der Waals surface area contributed by atoms with Crippen LogP contribution < -0.4 is 15.4 Å². The standard InChI is InChI=1S/C19H24N2O2/c1-2-13-23-18-10-6-9-17(14-18)21-19(22)15-20-12-11-16-7-4-3-5-8-16/h3-10,14,20H,2,11-13,15H2,1H3,(H,21,22). The van der Waals surface area contributed by atoms with Crippen LogP contribution in [0.1, 0.15) is 18.9 Å². The number of carbonyl (C=O) groups excluding carboxylic acids is 1. The summed E-state index contributed by atoms with van der Waals surface area (Å²) in [5.74, 6) is 0.729. The Morgan fingerprint density at radius 2 is 1.91 bits per heavy atom. The van der Waals surface area contributed by atoms with Gasteiger partial charge in [0.15, 0.2) is 0 Å². The molecule has 0 aliphatic heterocycles. The molecule has 2 rings (SSSR count). The van der Waals surface area contributed by atoms with E-state index < -0.39 is 0 Å². The lowest BCUT2D eigenvalue weighted by molar-refractivity contribution is -0.115. The summed E-state index contributed by atoms with van der Waals surface area (Å²) in [6.45, 7) is 3.81. The zero-order valence-electron chi connectivity index (χ0n) is 13.5. The fourth-order valence-corrected chi connectivity index (χ4v) is 2.17. The van der Waals surface area contributed by atoms with E-state index in [1.54, 1.807) is 0 Å². The van der Waals surface area contributed by atoms with Gasteiger partial charge in [-0.15, -0.1) is 0 Å². The van der Waals surface area contributed by atoms with Gasteiger partial charge in [0.05, 0.1) is 13.2 Å². The lowest BCUT2D eigenvalue weighted by Gasteiger charge is -2.09. The largest absolute Gasteiger partial charge is 0.494 e. The van der Waals surface area contributed by atoms with Crippen molar-refractivity contribution in [2.24, 2.45) is 0 Å². The second kappa shape index (κ2) is 9.64. The average Bonchev–Trinajstić information content (AvgIpc) is 2.58. The number of amides is 1. The van der Waals surface area contributed by atoms with Gasteiger partial charge in [-0.25, -0.2) is 0 Å². The molecule has 0 saturated carbocycles. The molecule has 0 unspecified atom stereocenters. The van der Waals surface area contributed by atoms with Crippen molar-refractivity contribution < 1.29 is 9.53 Å². The van der Waals surface area contributed by atoms with Gasteiger partial charge in [0.2, 0.25) is 5.91 Å². The van der Waals surface area contributed by atoms with E-state index in [-0.39, 0.29) is 5.91 Å². The van der Waals surface area contributed by atoms with Gasteiger partial charge in [-0.1, -0.05) is 43.3 Å². The number of carbonyl (C=O) groups is 1. The van der Waals surface area contributed by atoms with Crippen molar-refractivity contribution >= 4 is 11.6 Å². The molecule has 122 valence electrons. The summed E-state index contributed by atoms with van der Waals surface area (Å²) in [7, 11) is 0. The van der Waals surface area contributed by atoms with Gasteiger partial charge in [0.1, 0.15) is 5.75 Å². The van der Waals surface area contributed by atoms with Crippen molar-refractivity contribution in [3.63, 3.8) is 0 Å². The van der Waals surface area contributed by atoms with E-state index in [0.717, 1.165) is 30.8 Å². The molecule has 2 N–H and O–H groups in total. The Kier molecular flexibility index (Phi) is 7.14. The molecule has 0 fully saturated rings. The van der Waals surface area contributed by atoms with Gasteiger partial charge >= 0.3 is 0 Å². The molecule has 0 radical (unpaired) electrons. The molecule has 4 nitrogen and oxygen atoms in total. The van der Waals surface area contributed by atoms with Crippen LogP contribution in [0.2, 0.25) is 0 Å². The molecule has 1 amide bonds. The summed E-state index contributed by atoms with van der Waals surface area (Å²) in [4.78, 5) is 11.9. The number of anilines is 1. The predicted molar refractivity (Wildman–Crippen MR) is 93.9 cm³/mol. The second-order valence-electron chi connectivity index (χ2n) is 5.34. The van der Waals surface area contributed by atoms with Crippen LogP contribution in [0.15, 0.2) is 54.6 Å². The highest BCUT2D eigenvalue weighted by Gasteiger charge is 2.03. The molecule has 2 aromatic rings. The first-order valence-electron chi connectivity index (χ1n) is 8.05. The van der Waals surface area contributed by atoms with E-state index in [4.69, 9.17) is 4.74 Å². The molecular weight excluding hydrogens is 288 g/mol. The first kappa shape index (κ1) is 17.0. The van der Waals surface area contributed by atoms with Crippen LogP contribution in [0.25, 0.3) is 0 Å². The Morgan fingerprint density at radius 3 is 2.70 bits per heavy atom. The molecule has 0 aliphatic rings. The second-order valence-corrected chi connectivity index (χ2v) is 5.34. The minimum atomic E-state index is -0.0503. The number of nitrogens with one attached hydrogen (secondary N) is 2. The molecule has 0 atom stereocenters. The summed E-state index contributed by atoms with van der Waals surface area (Å²) >= 11 is 0. The molecule has 0 aromatic heterocycles. The van der Waals surface area contributed by atoms with Gasteiger partial charge < -0.3 is 15.4 Å². The molecule has 2 aromatic carbocycles. The van der Waals surface area contributed by atoms with Crippen molar-refractivity contribution in [2.75, 3.05) is 25.0 Å². The first-order chi connectivity index (χ1) is 11.3. The molecule has 0 saturated heterocycles. The molecule has 0 spiro atoms. The van der Waals surface area contributed by atoms with Crippen LogP contribution in [0.5, 0.6) is 5.75 Å². The Balaban J connectivity index is 1.70. The van der Waals surface area contributed by atoms with Crippen molar-refractivity contribution in [1.29, 1.82) is 0 Å². The SMILES string of the molecule is CCCOc1cccc(NC(=O)CNCCc2ccccc2)c1. The summed E-state index contributed by atoms with van der Waals surface area (Å²) in [6.07, 6.45) is 1.87. The van der Waals surface area contributed by atoms with Crippen molar-refractivity contribution in [3.8, 4) is 5.75 Å². The van der Waals surface area contributed by atoms with Crippen LogP contribution in [-0.4, -0.2) is 25.6 Å². The number of hydrogen-bond donors (Lipinski definition) is 2. The van der Waals surface area contributed by atoms with E-state index in [0.29, 0.717) is 13.2 Å². The lowest BCUT2D eigenvalue weighted by atomic mass is 10.1. The smallest absolute Gasteiger partial charge is 0.238 e. The van der Waals surface area contributed by atoms with Crippen molar-refractivity contribution in [2.45, 2.75) is 19.8 Å². The number of hydrogen-bond acceptors (Lipinski definition) is 3. The molecule has 23 heavy (non-hydrogen) atoms. The Bertz CT molecular complexity index is 599. The van der Waals surface area contributed by atoms with Gasteiger partial charge in [-0.3, -0.25) is 4.79 Å². The average molecular weight is 312 g/mol. The maximum absolute atomic E-state index is 11.9. The predicted octanol–water partition coefficient (Wildman–Crippen LogP) is 3.25. The minimum Gasteiger partial charge on any atom is -0.494 e. The fraction of sp³-hybridized carbons (Fsp3) is 0.316. The monoisotopic (exact) mass is 312 g/mol. The van der Waals surface area contributed by atoms with E-state index in [2.05, 4.69) is 29.7 Å². The highest BCUT2D eigenvalue weighted by Crippen LogP contribution is 2.17. The van der Waals surface area contributed by atoms with E-state index in [1.807, 2.05) is 42.5 Å². The van der Waals surface area contributed by atoms with E-state index in [1.165, 1.54) is 5.56 Å². The van der Waals surface area contributed by atoms with Crippen molar-refractivity contribution in [3.05, 3.63) is 60.2 Å². The third kappa shape index (κ3) is 6.53. The van der Waals surface area contributed by atoms with Crippen molar-refractivity contribution in [1.82, 2.24) is 5.32 Å². The lowest BCUT2D eigenvalue weighted by Crippen LogP contribution is -2.29. The quantitative estimate of drug-likeness (QED) is 0.699. The Morgan fingerprint density at radius 1 is 1.09 bits per heavy atom. The van der Waals surface area contributed by atoms with E-state index >= 15 is 0 Å². The van der Waals surface area contributed by atoms with Gasteiger partial charge in [0, 0.05) is 11.8 Å². The molecule has 4 heteroatoms. The third-order valence-corrected chi connectivity index (χ3v) is 3.31. The molecular formula is C19H24N2O2. The summed E-state index contributed by atoms with van der Waals surface area (Å²) < 4.78 is 5.56. The Labute approximate surface area is 137 Å². The molecule has 0 heterocycles. The van der Waals surface area contributed by atoms with Gasteiger partial charge in [-0.2, -0.15) is 0 Å². The normalized spacial score (nSPS) is 10.3. The molecule has 0 aliphatic carbocycles. The topological polar surface area (TPSA) is 50.4 Å². The van der Waals surface area contributed by atoms with Gasteiger partial charge in [0.25, 0.3) is 0 Å². The van der Waals surface area contributed by atoms with Crippen LogP contribution in [0, 0.1) is 0 Å². The van der Waals surface area contributed by atoms with E-state index in [9.17, 15) is 4.79 Å². The van der Waals surface area contributed by atoms with Crippen LogP contribution in [0.4, 0.5) is 5.69 Å². The van der Waals surface area contributed by atoms with Gasteiger partial charge in [-0.05, 0) is 37.1 Å². The number of ether oxygens (including phenoxy) is 1. The summed E-state index contributed by atoms with van der Waals surface area (Å²) in [5, 5.41) is 6.04. The highest BCUT2D eigenvalue weighted by molar-refractivity contribution is 5.92. The maximum atomic E-state index is 11.9. The first-order valence-corrected chi connectivity index (χ1v) is 8.05. The Hall–Kier alpha value is -2.33. The number of benzene rings is 2. The van der Waals surface area contributed by atoms with Crippen LogP contribution in [0.3, 0.4) is 0 Å². The molecule has 0 bridgehead atoms. The van der Waals surface area contributed by atoms with Crippen LogP contribution >= 0.6 is 0 Å². The maximum Gasteiger partial charge on any atom is 0.238 e. The fourth-order valence-electron chi connectivity index (χ4n) is 2.17. The summed E-state index contributed by atoms with van der Waals surface area (Å²) in [5.41, 5.74) is 2.02. The summed E-state index contributed by atoms with van der Waals surface area (Å²) in [6, 6.07) is 17.7. The third-order valence-electron chi connectivity index (χ3n) is 3.31. The number of rotatable bonds is 9. The highest BCUT2D eigenvalue weighted by atomic mass is 16.5. The van der Waals surface area contributed by atoms with Crippen LogP contribution in [-0.2, 0) is 11.2 Å².